The predicted octanol–water partition coefficient (Wildman–Crippen LogP) is 15.2. The maximum Gasteiger partial charge on any atom is 0.338 e. The molecular weight excluding hydrogens is 993 g/mol. The van der Waals surface area contributed by atoms with E-state index >= 15 is 0 Å². The predicted molar refractivity (Wildman–Crippen MR) is 305 cm³/mol. The van der Waals surface area contributed by atoms with E-state index < -0.39 is 11.9 Å². The molecule has 7 aromatic rings. The normalized spacial score (nSPS) is 16.7. The van der Waals surface area contributed by atoms with E-state index in [1.54, 1.807) is 71.3 Å². The van der Waals surface area contributed by atoms with Gasteiger partial charge in [0, 0.05) is 40.5 Å². The summed E-state index contributed by atoms with van der Waals surface area (Å²) in [5.41, 5.74) is 0.756. The quantitative estimate of drug-likeness (QED) is 0.118. The minimum Gasteiger partial charge on any atom is -0.457 e. The fourth-order valence-corrected chi connectivity index (χ4v) is 19.3. The SMILES string of the molecule is CC1=C(C)SC(=c2c3ccccc3c(=C3SC(C)=C(COC(=O)c4ccc(C(=O)OCC5=C(C)SC(=c6c7ccccc7c(=C7SC(C)=C(C)S7)c7ccccc67)S5)cc4)S3)c3ccccc23)S1. The lowest BCUT2D eigenvalue weighted by Crippen LogP contribution is -2.16. The van der Waals surface area contributed by atoms with Crippen LogP contribution < -0.4 is 20.9 Å². The van der Waals surface area contributed by atoms with Crippen molar-refractivity contribution in [3.8, 4) is 0 Å². The Kier molecular flexibility index (Phi) is 13.0. The van der Waals surface area contributed by atoms with E-state index in [-0.39, 0.29) is 13.2 Å². The van der Waals surface area contributed by atoms with Crippen molar-refractivity contribution in [2.45, 2.75) is 41.5 Å². The summed E-state index contributed by atoms with van der Waals surface area (Å²) in [5, 5.41) is 14.9. The van der Waals surface area contributed by atoms with Gasteiger partial charge < -0.3 is 9.47 Å². The smallest absolute Gasteiger partial charge is 0.338 e. The number of esters is 2. The van der Waals surface area contributed by atoms with E-state index in [4.69, 9.17) is 9.47 Å². The molecule has 0 aromatic heterocycles. The Morgan fingerprint density at radius 3 is 0.794 bits per heavy atom. The summed E-state index contributed by atoms with van der Waals surface area (Å²) in [6.45, 7) is 13.3. The van der Waals surface area contributed by atoms with E-state index in [2.05, 4.69) is 139 Å². The molecule has 0 atom stereocenters. The molecule has 0 fully saturated rings. The molecule has 0 bridgehead atoms. The van der Waals surface area contributed by atoms with Gasteiger partial charge >= 0.3 is 11.9 Å². The second-order valence-electron chi connectivity index (χ2n) is 16.6. The van der Waals surface area contributed by atoms with Crippen LogP contribution in [0.3, 0.4) is 0 Å². The van der Waals surface area contributed by atoms with Crippen molar-refractivity contribution in [2.75, 3.05) is 13.2 Å². The third-order valence-corrected chi connectivity index (χ3v) is 22.9. The molecule has 0 N–H and O–H groups in total. The van der Waals surface area contributed by atoms with Crippen molar-refractivity contribution in [1.82, 2.24) is 0 Å². The number of benzene rings is 7. The van der Waals surface area contributed by atoms with Crippen molar-refractivity contribution in [3.05, 3.63) is 193 Å². The molecule has 68 heavy (non-hydrogen) atoms. The largest absolute Gasteiger partial charge is 0.457 e. The van der Waals surface area contributed by atoms with Crippen LogP contribution >= 0.6 is 94.1 Å². The van der Waals surface area contributed by atoms with E-state index in [9.17, 15) is 9.59 Å². The first-order chi connectivity index (χ1) is 33.0. The first kappa shape index (κ1) is 46.2. The lowest BCUT2D eigenvalue weighted by molar-refractivity contribution is 0.0532. The van der Waals surface area contributed by atoms with Gasteiger partial charge in [-0.2, -0.15) is 0 Å². The Hall–Kier alpha value is -4.24. The molecule has 7 aromatic carbocycles. The number of thioether (sulfide) groups is 8. The third kappa shape index (κ3) is 8.50. The van der Waals surface area contributed by atoms with Gasteiger partial charge in [0.25, 0.3) is 0 Å². The van der Waals surface area contributed by atoms with Crippen LogP contribution in [0.4, 0.5) is 0 Å². The number of allylic oxidation sites excluding steroid dienone is 6. The summed E-state index contributed by atoms with van der Waals surface area (Å²) >= 11 is 14.3. The lowest BCUT2D eigenvalue weighted by atomic mass is 9.99. The van der Waals surface area contributed by atoms with Gasteiger partial charge in [-0.1, -0.05) is 191 Å². The molecule has 4 nitrogen and oxygen atoms in total. The van der Waals surface area contributed by atoms with Crippen molar-refractivity contribution in [1.29, 1.82) is 0 Å². The number of ether oxygens (including phenoxy) is 2. The summed E-state index contributed by atoms with van der Waals surface area (Å²) in [4.78, 5) is 36.6. The summed E-state index contributed by atoms with van der Waals surface area (Å²) < 4.78 is 16.9. The van der Waals surface area contributed by atoms with Gasteiger partial charge in [0.15, 0.2) is 0 Å². The number of carbonyl (C=O) groups excluding carboxylic acids is 2. The zero-order valence-corrected chi connectivity index (χ0v) is 44.4. The topological polar surface area (TPSA) is 52.6 Å². The van der Waals surface area contributed by atoms with Gasteiger partial charge in [-0.25, -0.2) is 9.59 Å². The minimum absolute atomic E-state index is 0.159. The molecule has 0 saturated heterocycles. The Morgan fingerprint density at radius 2 is 0.544 bits per heavy atom. The maximum atomic E-state index is 13.4. The number of fused-ring (bicyclic) bond motifs is 4. The molecular formula is C56H42O4S8. The minimum atomic E-state index is -0.440. The van der Waals surface area contributed by atoms with Crippen molar-refractivity contribution in [2.24, 2.45) is 0 Å². The standard InChI is InChI=1S/C56H42O4S8/c1-29-30(2)62-53(61-29)47-37-15-7-11-19-41(37)49(42-20-12-8-16-38(42)47)55-65-33(5)45(67-55)27-59-51(57)35-23-25-36(26-24-35)52(58)60-28-46-34(6)66-56(68-46)50-43-21-13-9-17-39(43)48(40-18-10-14-22-44(40)50)54-63-31(3)32(4)64-54/h7-26H,27-28H2,1-6H3. The average molecular weight is 1040 g/mol. The highest BCUT2D eigenvalue weighted by Crippen LogP contribution is 2.53. The van der Waals surface area contributed by atoms with Crippen LogP contribution in [-0.4, -0.2) is 25.2 Å². The molecule has 0 aliphatic carbocycles. The number of hydrogen-bond donors (Lipinski definition) is 0. The molecule has 0 amide bonds. The highest BCUT2D eigenvalue weighted by atomic mass is 32.2. The second-order valence-corrected chi connectivity index (χ2v) is 27.2. The van der Waals surface area contributed by atoms with Gasteiger partial charge in [0.1, 0.15) is 13.2 Å². The van der Waals surface area contributed by atoms with Crippen LogP contribution in [0.2, 0.25) is 0 Å². The summed E-state index contributed by atoms with van der Waals surface area (Å²) in [6.07, 6.45) is 0. The van der Waals surface area contributed by atoms with E-state index in [1.807, 2.05) is 47.0 Å². The van der Waals surface area contributed by atoms with Crippen LogP contribution in [0.5, 0.6) is 0 Å². The fourth-order valence-electron chi connectivity index (χ4n) is 8.66. The molecule has 4 heterocycles. The lowest BCUT2D eigenvalue weighted by Gasteiger charge is -2.11. The van der Waals surface area contributed by atoms with Crippen LogP contribution in [0, 0.1) is 0 Å². The molecule has 0 unspecified atom stereocenters. The molecule has 4 aliphatic heterocycles. The Labute approximate surface area is 428 Å². The summed E-state index contributed by atoms with van der Waals surface area (Å²) in [7, 11) is 0. The highest BCUT2D eigenvalue weighted by Gasteiger charge is 2.26. The fraction of sp³-hybridized carbons (Fsp3) is 0.143. The van der Waals surface area contributed by atoms with Gasteiger partial charge in [-0.3, -0.25) is 0 Å². The van der Waals surface area contributed by atoms with Crippen LogP contribution in [0.15, 0.2) is 161 Å². The molecule has 0 radical (unpaired) electrons. The van der Waals surface area contributed by atoms with Crippen LogP contribution in [-0.2, 0) is 9.47 Å². The second kappa shape index (κ2) is 19.2. The van der Waals surface area contributed by atoms with Crippen molar-refractivity contribution >= 4 is 166 Å². The molecule has 0 spiro atoms. The van der Waals surface area contributed by atoms with E-state index in [0.717, 1.165) is 19.6 Å². The number of carbonyl (C=O) groups is 2. The zero-order valence-electron chi connectivity index (χ0n) is 37.9. The van der Waals surface area contributed by atoms with Crippen molar-refractivity contribution < 1.29 is 19.1 Å². The first-order valence-corrected chi connectivity index (χ1v) is 28.5. The molecule has 4 aliphatic rings. The Balaban J connectivity index is 0.782. The molecule has 12 heteroatoms. The summed E-state index contributed by atoms with van der Waals surface area (Å²) in [5.74, 6) is -0.880. The Morgan fingerprint density at radius 1 is 0.324 bits per heavy atom. The molecule has 338 valence electrons. The van der Waals surface area contributed by atoms with Crippen molar-refractivity contribution in [3.63, 3.8) is 0 Å². The first-order valence-electron chi connectivity index (χ1n) is 22.0. The summed E-state index contributed by atoms with van der Waals surface area (Å²) in [6, 6.07) is 41.5. The monoisotopic (exact) mass is 1030 g/mol. The van der Waals surface area contributed by atoms with Gasteiger partial charge in [0.2, 0.25) is 0 Å². The average Bonchev–Trinajstić information content (AvgIpc) is 4.11. The Bertz CT molecular complexity index is 3380. The van der Waals surface area contributed by atoms with Crippen LogP contribution in [0.25, 0.3) is 60.0 Å². The van der Waals surface area contributed by atoms with Gasteiger partial charge in [-0.05, 0) is 129 Å². The number of rotatable bonds is 6. The zero-order chi connectivity index (χ0) is 46.8. The molecule has 0 saturated carbocycles. The van der Waals surface area contributed by atoms with Crippen LogP contribution in [0.1, 0.15) is 62.3 Å². The third-order valence-electron chi connectivity index (χ3n) is 12.4. The number of hydrogen-bond acceptors (Lipinski definition) is 12. The van der Waals surface area contributed by atoms with Gasteiger partial charge in [0.05, 0.1) is 28.1 Å². The maximum absolute atomic E-state index is 13.4. The van der Waals surface area contributed by atoms with E-state index in [0.29, 0.717) is 11.1 Å². The van der Waals surface area contributed by atoms with Gasteiger partial charge in [-0.15, -0.1) is 0 Å². The molecule has 11 rings (SSSR count). The van der Waals surface area contributed by atoms with E-state index in [1.165, 1.54) is 101 Å². The highest BCUT2D eigenvalue weighted by molar-refractivity contribution is 8.37.